The highest BCUT2D eigenvalue weighted by Crippen LogP contribution is 2.40. The zero-order chi connectivity index (χ0) is 21.6. The molecule has 0 radical (unpaired) electrons. The quantitative estimate of drug-likeness (QED) is 0.740. The SMILES string of the molecule is CC.COc1ccc2c(c1)C(=O)CC1(CCN(CCc3ccc(C#N)cc3)CC1)O2. The topological polar surface area (TPSA) is 62.6 Å². The van der Waals surface area contributed by atoms with Gasteiger partial charge >= 0.3 is 0 Å². The van der Waals surface area contributed by atoms with Crippen molar-refractivity contribution in [3.63, 3.8) is 0 Å². The maximum Gasteiger partial charge on any atom is 0.170 e. The molecule has 30 heavy (non-hydrogen) atoms. The molecule has 0 bridgehead atoms. The molecule has 5 heteroatoms. The van der Waals surface area contributed by atoms with Gasteiger partial charge in [0.25, 0.3) is 0 Å². The third-order valence-corrected chi connectivity index (χ3v) is 5.86. The van der Waals surface area contributed by atoms with Gasteiger partial charge < -0.3 is 14.4 Å². The van der Waals surface area contributed by atoms with E-state index in [4.69, 9.17) is 14.7 Å². The summed E-state index contributed by atoms with van der Waals surface area (Å²) in [7, 11) is 1.60. The molecule has 2 aromatic rings. The first-order valence-electron chi connectivity index (χ1n) is 10.7. The molecule has 0 saturated carbocycles. The lowest BCUT2D eigenvalue weighted by molar-refractivity contribution is -0.00872. The molecule has 1 spiro atoms. The van der Waals surface area contributed by atoms with Gasteiger partial charge in [-0.25, -0.2) is 0 Å². The Kier molecular flexibility index (Phi) is 7.12. The molecule has 0 amide bonds. The van der Waals surface area contributed by atoms with Gasteiger partial charge in [-0.2, -0.15) is 5.26 Å². The fraction of sp³-hybridized carbons (Fsp3) is 0.440. The number of Topliss-reactive ketones (excluding diaryl/α,β-unsaturated/α-hetero) is 1. The molecule has 2 aliphatic rings. The van der Waals surface area contributed by atoms with Gasteiger partial charge in [0.1, 0.15) is 17.1 Å². The van der Waals surface area contributed by atoms with Crippen LogP contribution in [-0.2, 0) is 6.42 Å². The molecule has 5 nitrogen and oxygen atoms in total. The summed E-state index contributed by atoms with van der Waals surface area (Å²) in [5.74, 6) is 1.51. The average Bonchev–Trinajstić information content (AvgIpc) is 2.80. The van der Waals surface area contributed by atoms with Crippen LogP contribution in [0.1, 0.15) is 54.6 Å². The Balaban J connectivity index is 0.00000124. The third kappa shape index (κ3) is 4.83. The van der Waals surface area contributed by atoms with Crippen molar-refractivity contribution in [2.24, 2.45) is 0 Å². The Labute approximate surface area is 179 Å². The summed E-state index contributed by atoms with van der Waals surface area (Å²) >= 11 is 0. The molecule has 2 aromatic carbocycles. The van der Waals surface area contributed by atoms with Crippen molar-refractivity contribution in [1.29, 1.82) is 5.26 Å². The summed E-state index contributed by atoms with van der Waals surface area (Å²) in [6, 6.07) is 15.4. The van der Waals surface area contributed by atoms with E-state index in [1.165, 1.54) is 5.56 Å². The Bertz CT molecular complexity index is 907. The van der Waals surface area contributed by atoms with Gasteiger partial charge in [-0.15, -0.1) is 0 Å². The predicted molar refractivity (Wildman–Crippen MR) is 117 cm³/mol. The number of carbonyl (C=O) groups is 1. The molecule has 158 valence electrons. The van der Waals surface area contributed by atoms with Gasteiger partial charge in [-0.3, -0.25) is 4.79 Å². The largest absolute Gasteiger partial charge is 0.497 e. The highest BCUT2D eigenvalue weighted by atomic mass is 16.5. The van der Waals surface area contributed by atoms with E-state index < -0.39 is 0 Å². The first kappa shape index (κ1) is 21.9. The summed E-state index contributed by atoms with van der Waals surface area (Å²) in [4.78, 5) is 15.1. The second kappa shape index (κ2) is 9.77. The Hall–Kier alpha value is -2.84. The molecule has 0 aliphatic carbocycles. The molecule has 0 aromatic heterocycles. The summed E-state index contributed by atoms with van der Waals surface area (Å²) in [6.45, 7) is 6.83. The number of ketones is 1. The van der Waals surface area contributed by atoms with Crippen molar-refractivity contribution in [1.82, 2.24) is 4.90 Å². The van der Waals surface area contributed by atoms with Crippen LogP contribution in [0.4, 0.5) is 0 Å². The Morgan fingerprint density at radius 3 is 2.47 bits per heavy atom. The van der Waals surface area contributed by atoms with Crippen LogP contribution in [-0.4, -0.2) is 43.0 Å². The van der Waals surface area contributed by atoms with Gasteiger partial charge in [0.15, 0.2) is 5.78 Å². The molecule has 0 unspecified atom stereocenters. The maximum atomic E-state index is 12.7. The van der Waals surface area contributed by atoms with Crippen LogP contribution < -0.4 is 9.47 Å². The lowest BCUT2D eigenvalue weighted by atomic mass is 9.82. The molecule has 0 N–H and O–H groups in total. The number of benzene rings is 2. The standard InChI is InChI=1S/C23H24N2O3.C2H6/c1-27-19-6-7-22-20(14-19)21(26)15-23(28-22)9-12-25(13-10-23)11-8-17-2-4-18(16-24)5-3-17;1-2/h2-7,14H,8-13,15H2,1H3;1-2H3. The van der Waals surface area contributed by atoms with Crippen LogP contribution in [0.25, 0.3) is 0 Å². The van der Waals surface area contributed by atoms with E-state index in [1.807, 2.05) is 50.2 Å². The second-order valence-corrected chi connectivity index (χ2v) is 7.65. The molecule has 2 heterocycles. The monoisotopic (exact) mass is 406 g/mol. The number of rotatable bonds is 4. The zero-order valence-electron chi connectivity index (χ0n) is 18.1. The lowest BCUT2D eigenvalue weighted by Gasteiger charge is -2.44. The molecular weight excluding hydrogens is 376 g/mol. The van der Waals surface area contributed by atoms with E-state index in [0.29, 0.717) is 29.0 Å². The van der Waals surface area contributed by atoms with Crippen molar-refractivity contribution in [2.75, 3.05) is 26.7 Å². The van der Waals surface area contributed by atoms with Crippen molar-refractivity contribution in [3.05, 3.63) is 59.2 Å². The van der Waals surface area contributed by atoms with Crippen LogP contribution in [0.2, 0.25) is 0 Å². The number of fused-ring (bicyclic) bond motifs is 1. The Morgan fingerprint density at radius 1 is 1.13 bits per heavy atom. The van der Waals surface area contributed by atoms with Crippen LogP contribution in [0.3, 0.4) is 0 Å². The number of ether oxygens (including phenoxy) is 2. The Morgan fingerprint density at radius 2 is 1.83 bits per heavy atom. The van der Waals surface area contributed by atoms with Crippen LogP contribution in [0.15, 0.2) is 42.5 Å². The number of likely N-dealkylation sites (tertiary alicyclic amines) is 1. The van der Waals surface area contributed by atoms with E-state index in [0.717, 1.165) is 38.9 Å². The van der Waals surface area contributed by atoms with Crippen LogP contribution >= 0.6 is 0 Å². The normalized spacial score (nSPS) is 17.2. The number of hydrogen-bond donors (Lipinski definition) is 0. The number of nitriles is 1. The van der Waals surface area contributed by atoms with Crippen LogP contribution in [0, 0.1) is 11.3 Å². The van der Waals surface area contributed by atoms with Crippen molar-refractivity contribution in [2.45, 2.75) is 45.1 Å². The maximum absolute atomic E-state index is 12.7. The highest BCUT2D eigenvalue weighted by Gasteiger charge is 2.42. The van der Waals surface area contributed by atoms with E-state index in [9.17, 15) is 4.79 Å². The fourth-order valence-corrected chi connectivity index (χ4v) is 4.10. The molecule has 1 fully saturated rings. The number of nitrogens with zero attached hydrogens (tertiary/aromatic N) is 2. The molecule has 1 saturated heterocycles. The first-order chi connectivity index (χ1) is 14.6. The van der Waals surface area contributed by atoms with Gasteiger partial charge in [0.2, 0.25) is 0 Å². The van der Waals surface area contributed by atoms with Crippen LogP contribution in [0.5, 0.6) is 11.5 Å². The lowest BCUT2D eigenvalue weighted by Crippen LogP contribution is -2.51. The van der Waals surface area contributed by atoms with E-state index in [2.05, 4.69) is 11.0 Å². The third-order valence-electron chi connectivity index (χ3n) is 5.86. The minimum absolute atomic E-state index is 0.145. The molecule has 4 rings (SSSR count). The van der Waals surface area contributed by atoms with E-state index in [1.54, 1.807) is 13.2 Å². The number of methoxy groups -OCH3 is 1. The van der Waals surface area contributed by atoms with Gasteiger partial charge in [0.05, 0.1) is 30.7 Å². The second-order valence-electron chi connectivity index (χ2n) is 7.65. The number of carbonyl (C=O) groups excluding carboxylic acids is 1. The van der Waals surface area contributed by atoms with E-state index in [-0.39, 0.29) is 11.4 Å². The van der Waals surface area contributed by atoms with Gasteiger partial charge in [0, 0.05) is 32.5 Å². The summed E-state index contributed by atoms with van der Waals surface area (Å²) in [5, 5.41) is 8.89. The first-order valence-corrected chi connectivity index (χ1v) is 10.7. The summed E-state index contributed by atoms with van der Waals surface area (Å²) < 4.78 is 11.6. The van der Waals surface area contributed by atoms with E-state index >= 15 is 0 Å². The number of piperidine rings is 1. The molecule has 0 atom stereocenters. The predicted octanol–water partition coefficient (Wildman–Crippen LogP) is 4.64. The van der Waals surface area contributed by atoms with Crippen molar-refractivity contribution >= 4 is 5.78 Å². The summed E-state index contributed by atoms with van der Waals surface area (Å²) in [6.07, 6.45) is 3.12. The average molecular weight is 407 g/mol. The minimum Gasteiger partial charge on any atom is -0.497 e. The fourth-order valence-electron chi connectivity index (χ4n) is 4.10. The number of hydrogen-bond acceptors (Lipinski definition) is 5. The van der Waals surface area contributed by atoms with Crippen molar-refractivity contribution < 1.29 is 14.3 Å². The van der Waals surface area contributed by atoms with Gasteiger partial charge in [-0.1, -0.05) is 26.0 Å². The molecule has 2 aliphatic heterocycles. The molecular formula is C25H30N2O3. The minimum atomic E-state index is -0.371. The van der Waals surface area contributed by atoms with Gasteiger partial charge in [-0.05, 0) is 42.3 Å². The zero-order valence-corrected chi connectivity index (χ0v) is 18.1. The smallest absolute Gasteiger partial charge is 0.170 e. The van der Waals surface area contributed by atoms with Crippen molar-refractivity contribution in [3.8, 4) is 17.6 Å². The summed E-state index contributed by atoms with van der Waals surface area (Å²) in [5.41, 5.74) is 2.20. The highest BCUT2D eigenvalue weighted by molar-refractivity contribution is 6.00.